The van der Waals surface area contributed by atoms with Crippen molar-refractivity contribution in [2.24, 2.45) is 5.92 Å². The third-order valence-electron chi connectivity index (χ3n) is 3.92. The van der Waals surface area contributed by atoms with Crippen LogP contribution >= 0.6 is 0 Å². The summed E-state index contributed by atoms with van der Waals surface area (Å²) in [6.45, 7) is 15.0. The molecule has 1 aromatic carbocycles. The minimum Gasteiger partial charge on any atom is -0.376 e. The number of hydrogen-bond acceptors (Lipinski definition) is 2. The lowest BCUT2D eigenvalue weighted by Gasteiger charge is -2.31. The highest BCUT2D eigenvalue weighted by Gasteiger charge is 2.26. The number of rotatable bonds is 9. The van der Waals surface area contributed by atoms with Crippen molar-refractivity contribution in [1.82, 2.24) is 5.32 Å². The molecule has 1 rings (SSSR count). The van der Waals surface area contributed by atoms with Gasteiger partial charge in [-0.05, 0) is 42.9 Å². The summed E-state index contributed by atoms with van der Waals surface area (Å²) in [5.74, 6) is 1.07. The number of benzene rings is 1. The molecule has 0 aliphatic heterocycles. The van der Waals surface area contributed by atoms with E-state index in [9.17, 15) is 0 Å². The first-order chi connectivity index (χ1) is 10.0. The largest absolute Gasteiger partial charge is 0.376 e. The quantitative estimate of drug-likeness (QED) is 0.698. The van der Waals surface area contributed by atoms with Crippen molar-refractivity contribution in [1.29, 1.82) is 0 Å². The molecule has 0 saturated heterocycles. The molecule has 0 aromatic heterocycles. The summed E-state index contributed by atoms with van der Waals surface area (Å²) in [4.78, 5) is 0. The van der Waals surface area contributed by atoms with E-state index in [4.69, 9.17) is 4.74 Å². The van der Waals surface area contributed by atoms with Crippen molar-refractivity contribution in [2.75, 3.05) is 13.2 Å². The molecule has 0 fully saturated rings. The van der Waals surface area contributed by atoms with Crippen molar-refractivity contribution in [2.45, 2.75) is 66.0 Å². The van der Waals surface area contributed by atoms with Crippen LogP contribution in [0.15, 0.2) is 24.3 Å². The van der Waals surface area contributed by atoms with Gasteiger partial charge >= 0.3 is 0 Å². The SMILES string of the molecule is CCCNC(c1ccc(C(C)C)cc1)C(OCC)C(C)C. The van der Waals surface area contributed by atoms with Crippen LogP contribution in [0.25, 0.3) is 0 Å². The van der Waals surface area contributed by atoms with Crippen molar-refractivity contribution >= 4 is 0 Å². The van der Waals surface area contributed by atoms with Crippen LogP contribution in [0.1, 0.15) is 71.0 Å². The van der Waals surface area contributed by atoms with Gasteiger partial charge in [0.1, 0.15) is 0 Å². The summed E-state index contributed by atoms with van der Waals surface area (Å²) in [5.41, 5.74) is 2.73. The Morgan fingerprint density at radius 3 is 1.95 bits per heavy atom. The van der Waals surface area contributed by atoms with E-state index in [1.807, 2.05) is 0 Å². The molecule has 1 N–H and O–H groups in total. The van der Waals surface area contributed by atoms with Crippen LogP contribution in [0, 0.1) is 5.92 Å². The summed E-state index contributed by atoms with van der Waals surface area (Å²) < 4.78 is 6.03. The topological polar surface area (TPSA) is 21.3 Å². The summed E-state index contributed by atoms with van der Waals surface area (Å²) in [6, 6.07) is 9.30. The molecule has 0 heterocycles. The Kier molecular flexibility index (Phi) is 7.98. The van der Waals surface area contributed by atoms with Crippen molar-refractivity contribution < 1.29 is 4.74 Å². The van der Waals surface area contributed by atoms with Gasteiger partial charge < -0.3 is 10.1 Å². The maximum Gasteiger partial charge on any atom is 0.0792 e. The summed E-state index contributed by atoms with van der Waals surface area (Å²) in [6.07, 6.45) is 1.35. The van der Waals surface area contributed by atoms with E-state index in [1.54, 1.807) is 0 Å². The third kappa shape index (κ3) is 5.44. The van der Waals surface area contributed by atoms with Crippen LogP contribution in [0.5, 0.6) is 0 Å². The minimum atomic E-state index is 0.214. The molecular weight excluding hydrogens is 258 g/mol. The molecule has 2 unspecified atom stereocenters. The first-order valence-electron chi connectivity index (χ1n) is 8.46. The molecule has 0 spiro atoms. The Balaban J connectivity index is 2.99. The van der Waals surface area contributed by atoms with E-state index < -0.39 is 0 Å². The summed E-state index contributed by atoms with van der Waals surface area (Å²) >= 11 is 0. The second-order valence-electron chi connectivity index (χ2n) is 6.42. The fraction of sp³-hybridized carbons (Fsp3) is 0.684. The van der Waals surface area contributed by atoms with Gasteiger partial charge in [0.15, 0.2) is 0 Å². The Labute approximate surface area is 131 Å². The maximum atomic E-state index is 6.03. The zero-order valence-corrected chi connectivity index (χ0v) is 14.6. The van der Waals surface area contributed by atoms with Crippen LogP contribution in [0.4, 0.5) is 0 Å². The lowest BCUT2D eigenvalue weighted by Crippen LogP contribution is -2.37. The van der Waals surface area contributed by atoms with E-state index in [2.05, 4.69) is 71.1 Å². The molecule has 0 saturated carbocycles. The van der Waals surface area contributed by atoms with Crippen molar-refractivity contribution in [3.8, 4) is 0 Å². The van der Waals surface area contributed by atoms with Gasteiger partial charge in [-0.3, -0.25) is 0 Å². The van der Waals surface area contributed by atoms with Crippen LogP contribution < -0.4 is 5.32 Å². The van der Waals surface area contributed by atoms with Gasteiger partial charge in [-0.2, -0.15) is 0 Å². The molecule has 2 heteroatoms. The summed E-state index contributed by atoms with van der Waals surface area (Å²) in [7, 11) is 0. The number of hydrogen-bond donors (Lipinski definition) is 1. The van der Waals surface area contributed by atoms with Crippen molar-refractivity contribution in [3.63, 3.8) is 0 Å². The Morgan fingerprint density at radius 2 is 1.52 bits per heavy atom. The van der Waals surface area contributed by atoms with E-state index in [1.165, 1.54) is 11.1 Å². The Hall–Kier alpha value is -0.860. The van der Waals surface area contributed by atoms with E-state index in [0.29, 0.717) is 11.8 Å². The maximum absolute atomic E-state index is 6.03. The molecule has 2 atom stereocenters. The van der Waals surface area contributed by atoms with Gasteiger partial charge in [-0.1, -0.05) is 58.9 Å². The first kappa shape index (κ1) is 18.2. The lowest BCUT2D eigenvalue weighted by molar-refractivity contribution is 0.00283. The van der Waals surface area contributed by atoms with Gasteiger partial charge in [0, 0.05) is 6.61 Å². The van der Waals surface area contributed by atoms with Crippen LogP contribution in [0.2, 0.25) is 0 Å². The smallest absolute Gasteiger partial charge is 0.0792 e. The molecule has 0 radical (unpaired) electrons. The zero-order valence-electron chi connectivity index (χ0n) is 14.6. The molecule has 0 aliphatic carbocycles. The normalized spacial score (nSPS) is 14.7. The van der Waals surface area contributed by atoms with Crippen LogP contribution in [-0.4, -0.2) is 19.3 Å². The summed E-state index contributed by atoms with van der Waals surface area (Å²) in [5, 5.41) is 3.68. The van der Waals surface area contributed by atoms with Gasteiger partial charge in [0.05, 0.1) is 12.1 Å². The van der Waals surface area contributed by atoms with Gasteiger partial charge in [-0.15, -0.1) is 0 Å². The van der Waals surface area contributed by atoms with Crippen molar-refractivity contribution in [3.05, 3.63) is 35.4 Å². The minimum absolute atomic E-state index is 0.214. The Bertz CT molecular complexity index is 383. The average Bonchev–Trinajstić information content (AvgIpc) is 2.46. The van der Waals surface area contributed by atoms with E-state index in [0.717, 1.165) is 19.6 Å². The fourth-order valence-corrected chi connectivity index (χ4v) is 2.68. The predicted molar refractivity (Wildman–Crippen MR) is 91.8 cm³/mol. The molecule has 0 bridgehead atoms. The monoisotopic (exact) mass is 291 g/mol. The second-order valence-corrected chi connectivity index (χ2v) is 6.42. The van der Waals surface area contributed by atoms with Gasteiger partial charge in [0.25, 0.3) is 0 Å². The number of nitrogens with one attached hydrogen (secondary N) is 1. The van der Waals surface area contributed by atoms with Gasteiger partial charge in [0.2, 0.25) is 0 Å². The third-order valence-corrected chi connectivity index (χ3v) is 3.92. The predicted octanol–water partition coefficient (Wildman–Crippen LogP) is 4.91. The van der Waals surface area contributed by atoms with Crippen LogP contribution in [-0.2, 0) is 4.74 Å². The number of ether oxygens (including phenoxy) is 1. The average molecular weight is 291 g/mol. The first-order valence-corrected chi connectivity index (χ1v) is 8.46. The fourth-order valence-electron chi connectivity index (χ4n) is 2.68. The van der Waals surface area contributed by atoms with Gasteiger partial charge in [-0.25, -0.2) is 0 Å². The highest BCUT2D eigenvalue weighted by Crippen LogP contribution is 2.26. The highest BCUT2D eigenvalue weighted by molar-refractivity contribution is 5.27. The second kappa shape index (κ2) is 9.22. The standard InChI is InChI=1S/C19H33NO/c1-7-13-20-18(19(15(5)6)21-8-2)17-11-9-16(10-12-17)14(3)4/h9-12,14-15,18-20H,7-8,13H2,1-6H3. The molecular formula is C19H33NO. The van der Waals surface area contributed by atoms with Crippen LogP contribution in [0.3, 0.4) is 0 Å². The van der Waals surface area contributed by atoms with E-state index >= 15 is 0 Å². The lowest BCUT2D eigenvalue weighted by atomic mass is 9.91. The Morgan fingerprint density at radius 1 is 0.952 bits per heavy atom. The molecule has 0 amide bonds. The molecule has 21 heavy (non-hydrogen) atoms. The molecule has 2 nitrogen and oxygen atoms in total. The highest BCUT2D eigenvalue weighted by atomic mass is 16.5. The molecule has 1 aromatic rings. The zero-order chi connectivity index (χ0) is 15.8. The molecule has 120 valence electrons. The molecule has 0 aliphatic rings. The van der Waals surface area contributed by atoms with E-state index in [-0.39, 0.29) is 12.1 Å².